The number of hydrogen-bond donors (Lipinski definition) is 2. The lowest BCUT2D eigenvalue weighted by atomic mass is 10.2. The van der Waals surface area contributed by atoms with Crippen molar-refractivity contribution in [3.05, 3.63) is 59.9 Å². The van der Waals surface area contributed by atoms with Gasteiger partial charge in [-0.1, -0.05) is 6.07 Å². The van der Waals surface area contributed by atoms with E-state index in [1.807, 2.05) is 4.90 Å². The SMILES string of the molecule is O=C(CN1CCN(C(=O)CNC(=O)c2ccc(N3CCCC3=O)cc2)CC1)Nc1cccc(F)c1. The van der Waals surface area contributed by atoms with Gasteiger partial charge in [-0.3, -0.25) is 24.1 Å². The van der Waals surface area contributed by atoms with E-state index in [9.17, 15) is 23.6 Å². The van der Waals surface area contributed by atoms with Crippen molar-refractivity contribution < 1.29 is 23.6 Å². The summed E-state index contributed by atoms with van der Waals surface area (Å²) in [7, 11) is 0. The molecular weight excluding hydrogens is 453 g/mol. The molecule has 0 spiro atoms. The van der Waals surface area contributed by atoms with E-state index in [1.165, 1.54) is 18.2 Å². The fourth-order valence-corrected chi connectivity index (χ4v) is 4.21. The molecule has 0 unspecified atom stereocenters. The highest BCUT2D eigenvalue weighted by atomic mass is 19.1. The van der Waals surface area contributed by atoms with Gasteiger partial charge in [0.15, 0.2) is 0 Å². The molecule has 184 valence electrons. The molecular formula is C25H28FN5O4. The molecule has 2 aromatic rings. The molecule has 0 bridgehead atoms. The number of nitrogens with one attached hydrogen (secondary N) is 2. The molecule has 2 aliphatic heterocycles. The van der Waals surface area contributed by atoms with Gasteiger partial charge in [-0.25, -0.2) is 4.39 Å². The van der Waals surface area contributed by atoms with Gasteiger partial charge in [-0.2, -0.15) is 0 Å². The first-order valence-corrected chi connectivity index (χ1v) is 11.6. The Morgan fingerprint density at radius 3 is 2.34 bits per heavy atom. The van der Waals surface area contributed by atoms with Gasteiger partial charge < -0.3 is 20.4 Å². The predicted molar refractivity (Wildman–Crippen MR) is 128 cm³/mol. The zero-order chi connectivity index (χ0) is 24.8. The maximum absolute atomic E-state index is 13.3. The van der Waals surface area contributed by atoms with Crippen molar-refractivity contribution in [2.45, 2.75) is 12.8 Å². The Hall–Kier alpha value is -3.79. The van der Waals surface area contributed by atoms with Crippen LogP contribution in [0.2, 0.25) is 0 Å². The highest BCUT2D eigenvalue weighted by Gasteiger charge is 2.24. The van der Waals surface area contributed by atoms with Crippen molar-refractivity contribution in [1.29, 1.82) is 0 Å². The van der Waals surface area contributed by atoms with Crippen LogP contribution in [0.25, 0.3) is 0 Å². The van der Waals surface area contributed by atoms with Crippen molar-refractivity contribution in [3.63, 3.8) is 0 Å². The standard InChI is InChI=1S/C25H28FN5O4/c26-19-3-1-4-20(15-19)28-22(32)17-29-11-13-30(14-12-29)24(34)16-27-25(35)18-6-8-21(9-7-18)31-10-2-5-23(31)33/h1,3-4,6-9,15H,2,5,10-14,16-17H2,(H,27,35)(H,28,32). The number of benzene rings is 2. The molecule has 35 heavy (non-hydrogen) atoms. The lowest BCUT2D eigenvalue weighted by molar-refractivity contribution is -0.132. The Kier molecular flexibility index (Phi) is 7.71. The quantitative estimate of drug-likeness (QED) is 0.624. The average molecular weight is 482 g/mol. The van der Waals surface area contributed by atoms with Crippen molar-refractivity contribution in [2.75, 3.05) is 56.0 Å². The van der Waals surface area contributed by atoms with Crippen LogP contribution in [0.15, 0.2) is 48.5 Å². The van der Waals surface area contributed by atoms with Crippen LogP contribution in [0.1, 0.15) is 23.2 Å². The second-order valence-corrected chi connectivity index (χ2v) is 8.59. The maximum Gasteiger partial charge on any atom is 0.251 e. The van der Waals surface area contributed by atoms with Crippen LogP contribution in [-0.4, -0.2) is 79.2 Å². The molecule has 2 saturated heterocycles. The summed E-state index contributed by atoms with van der Waals surface area (Å²) in [4.78, 5) is 54.3. The molecule has 0 aromatic heterocycles. The summed E-state index contributed by atoms with van der Waals surface area (Å²) < 4.78 is 13.3. The number of carbonyl (C=O) groups excluding carboxylic acids is 4. The molecule has 0 aliphatic carbocycles. The largest absolute Gasteiger partial charge is 0.343 e. The number of hydrogen-bond acceptors (Lipinski definition) is 5. The maximum atomic E-state index is 13.3. The summed E-state index contributed by atoms with van der Waals surface area (Å²) in [5, 5.41) is 5.32. The zero-order valence-corrected chi connectivity index (χ0v) is 19.3. The first-order valence-electron chi connectivity index (χ1n) is 11.6. The van der Waals surface area contributed by atoms with Crippen LogP contribution in [0.4, 0.5) is 15.8 Å². The van der Waals surface area contributed by atoms with Gasteiger partial charge >= 0.3 is 0 Å². The number of halogens is 1. The minimum Gasteiger partial charge on any atom is -0.343 e. The first kappa shape index (κ1) is 24.3. The van der Waals surface area contributed by atoms with E-state index >= 15 is 0 Å². The number of piperazine rings is 1. The zero-order valence-electron chi connectivity index (χ0n) is 19.3. The van der Waals surface area contributed by atoms with Crippen molar-refractivity contribution in [3.8, 4) is 0 Å². The Bertz CT molecular complexity index is 1100. The van der Waals surface area contributed by atoms with E-state index in [4.69, 9.17) is 0 Å². The summed E-state index contributed by atoms with van der Waals surface area (Å²) in [5.74, 6) is -1.13. The highest BCUT2D eigenvalue weighted by Crippen LogP contribution is 2.21. The third kappa shape index (κ3) is 6.42. The Labute approximate surface area is 202 Å². The van der Waals surface area contributed by atoms with Crippen LogP contribution in [0.5, 0.6) is 0 Å². The molecule has 4 rings (SSSR count). The van der Waals surface area contributed by atoms with Gasteiger partial charge in [0.2, 0.25) is 17.7 Å². The Morgan fingerprint density at radius 1 is 0.943 bits per heavy atom. The number of nitrogens with zero attached hydrogens (tertiary/aromatic N) is 3. The van der Waals surface area contributed by atoms with Crippen LogP contribution in [-0.2, 0) is 14.4 Å². The Balaban J connectivity index is 1.18. The van der Waals surface area contributed by atoms with Gasteiger partial charge in [0, 0.05) is 56.1 Å². The molecule has 2 fully saturated rings. The van der Waals surface area contributed by atoms with Gasteiger partial charge in [-0.05, 0) is 48.9 Å². The fourth-order valence-electron chi connectivity index (χ4n) is 4.21. The molecule has 4 amide bonds. The topological polar surface area (TPSA) is 102 Å². The van der Waals surface area contributed by atoms with Crippen molar-refractivity contribution in [2.24, 2.45) is 0 Å². The summed E-state index contributed by atoms with van der Waals surface area (Å²) in [6, 6.07) is 12.5. The highest BCUT2D eigenvalue weighted by molar-refractivity contribution is 5.98. The minimum absolute atomic E-state index is 0.0834. The fraction of sp³-hybridized carbons (Fsp3) is 0.360. The van der Waals surface area contributed by atoms with E-state index in [0.29, 0.717) is 50.4 Å². The summed E-state index contributed by atoms with van der Waals surface area (Å²) in [6.07, 6.45) is 1.38. The molecule has 2 aromatic carbocycles. The molecule has 10 heteroatoms. The number of anilines is 2. The third-order valence-corrected chi connectivity index (χ3v) is 6.12. The molecule has 0 atom stereocenters. The number of carbonyl (C=O) groups is 4. The van der Waals surface area contributed by atoms with E-state index in [1.54, 1.807) is 40.1 Å². The lowest BCUT2D eigenvalue weighted by Crippen LogP contribution is -2.52. The van der Waals surface area contributed by atoms with E-state index in [-0.39, 0.29) is 36.7 Å². The second kappa shape index (κ2) is 11.1. The van der Waals surface area contributed by atoms with Crippen molar-refractivity contribution in [1.82, 2.24) is 15.1 Å². The summed E-state index contributed by atoms with van der Waals surface area (Å²) in [5.41, 5.74) is 1.59. The lowest BCUT2D eigenvalue weighted by Gasteiger charge is -2.34. The van der Waals surface area contributed by atoms with E-state index in [2.05, 4.69) is 10.6 Å². The van der Waals surface area contributed by atoms with Gasteiger partial charge in [0.25, 0.3) is 5.91 Å². The van der Waals surface area contributed by atoms with Crippen LogP contribution in [0, 0.1) is 5.82 Å². The Morgan fingerprint density at radius 2 is 1.69 bits per heavy atom. The molecule has 0 saturated carbocycles. The third-order valence-electron chi connectivity index (χ3n) is 6.12. The first-order chi connectivity index (χ1) is 16.9. The van der Waals surface area contributed by atoms with Gasteiger partial charge in [0.1, 0.15) is 5.82 Å². The normalized spacial score (nSPS) is 16.3. The van der Waals surface area contributed by atoms with Crippen LogP contribution >= 0.6 is 0 Å². The minimum atomic E-state index is -0.419. The molecule has 2 heterocycles. The van der Waals surface area contributed by atoms with E-state index < -0.39 is 5.82 Å². The molecule has 2 aliphatic rings. The van der Waals surface area contributed by atoms with Gasteiger partial charge in [-0.15, -0.1) is 0 Å². The number of amides is 4. The van der Waals surface area contributed by atoms with Gasteiger partial charge in [0.05, 0.1) is 13.1 Å². The van der Waals surface area contributed by atoms with Crippen molar-refractivity contribution >= 4 is 35.0 Å². The summed E-state index contributed by atoms with van der Waals surface area (Å²) >= 11 is 0. The molecule has 2 N–H and O–H groups in total. The smallest absolute Gasteiger partial charge is 0.251 e. The average Bonchev–Trinajstić information content (AvgIpc) is 3.28. The summed E-state index contributed by atoms with van der Waals surface area (Å²) in [6.45, 7) is 2.64. The van der Waals surface area contributed by atoms with Crippen LogP contribution < -0.4 is 15.5 Å². The predicted octanol–water partition coefficient (Wildman–Crippen LogP) is 1.47. The second-order valence-electron chi connectivity index (χ2n) is 8.59. The number of rotatable bonds is 7. The molecule has 0 radical (unpaired) electrons. The van der Waals surface area contributed by atoms with E-state index in [0.717, 1.165) is 12.1 Å². The molecule has 9 nitrogen and oxygen atoms in total. The van der Waals surface area contributed by atoms with Crippen LogP contribution in [0.3, 0.4) is 0 Å². The monoisotopic (exact) mass is 481 g/mol.